The van der Waals surface area contributed by atoms with Crippen LogP contribution in [0.5, 0.6) is 11.5 Å². The lowest BCUT2D eigenvalue weighted by atomic mass is 10.3. The first kappa shape index (κ1) is 16.6. The molecule has 0 spiro atoms. The van der Waals surface area contributed by atoms with Crippen LogP contribution in [-0.4, -0.2) is 0 Å². The molecule has 122 valence electrons. The first-order chi connectivity index (χ1) is 11.6. The average Bonchev–Trinajstić information content (AvgIpc) is 2.58. The van der Waals surface area contributed by atoms with E-state index in [1.807, 2.05) is 12.1 Å². The molecule has 24 heavy (non-hydrogen) atoms. The molecule has 0 aliphatic heterocycles. The van der Waals surface area contributed by atoms with E-state index in [1.165, 1.54) is 24.3 Å². The van der Waals surface area contributed by atoms with Crippen LogP contribution in [0, 0.1) is 5.82 Å². The van der Waals surface area contributed by atoms with Crippen LogP contribution in [0.15, 0.2) is 89.8 Å². The molecule has 0 bridgehead atoms. The van der Waals surface area contributed by atoms with Crippen molar-refractivity contribution in [1.29, 1.82) is 0 Å². The maximum absolute atomic E-state index is 13.2. The van der Waals surface area contributed by atoms with E-state index in [1.54, 1.807) is 48.5 Å². The molecule has 3 aromatic rings. The summed E-state index contributed by atoms with van der Waals surface area (Å²) in [4.78, 5) is 0.589. The fourth-order valence-corrected chi connectivity index (χ4v) is 5.17. The first-order valence-corrected chi connectivity index (χ1v) is 10.1. The van der Waals surface area contributed by atoms with Gasteiger partial charge in [0.25, 0.3) is 0 Å². The van der Waals surface area contributed by atoms with Crippen molar-refractivity contribution in [3.63, 3.8) is 0 Å². The van der Waals surface area contributed by atoms with E-state index < -0.39 is 6.80 Å². The van der Waals surface area contributed by atoms with E-state index in [-0.39, 0.29) is 5.82 Å². The lowest BCUT2D eigenvalue weighted by molar-refractivity contribution is 0.408. The van der Waals surface area contributed by atoms with Crippen LogP contribution in [0.2, 0.25) is 0 Å². The van der Waals surface area contributed by atoms with Crippen molar-refractivity contribution in [2.75, 3.05) is 0 Å². The summed E-state index contributed by atoms with van der Waals surface area (Å²) in [6.45, 7) is -3.61. The van der Waals surface area contributed by atoms with E-state index in [0.29, 0.717) is 16.4 Å². The average molecular weight is 360 g/mol. The molecular formula is C18H14FO3PS. The fourth-order valence-electron chi connectivity index (χ4n) is 1.90. The van der Waals surface area contributed by atoms with Crippen LogP contribution >= 0.6 is 18.2 Å². The van der Waals surface area contributed by atoms with E-state index in [4.69, 9.17) is 9.05 Å². The minimum Gasteiger partial charge on any atom is -0.408 e. The largest absolute Gasteiger partial charge is 0.497 e. The third-order valence-electron chi connectivity index (χ3n) is 2.95. The SMILES string of the molecule is O=P(Oc1ccccc1)(Oc1ccccc1)Sc1ccc(F)cc1. The van der Waals surface area contributed by atoms with Gasteiger partial charge in [-0.15, -0.1) is 0 Å². The predicted molar refractivity (Wildman–Crippen MR) is 94.0 cm³/mol. The lowest BCUT2D eigenvalue weighted by Gasteiger charge is -2.19. The normalized spacial score (nSPS) is 11.0. The molecule has 3 aromatic carbocycles. The highest BCUT2D eigenvalue weighted by Gasteiger charge is 2.30. The summed E-state index contributed by atoms with van der Waals surface area (Å²) in [5, 5.41) is 0. The number of rotatable bonds is 6. The van der Waals surface area contributed by atoms with E-state index in [9.17, 15) is 8.96 Å². The van der Waals surface area contributed by atoms with Crippen LogP contribution in [0.25, 0.3) is 0 Å². The zero-order valence-electron chi connectivity index (χ0n) is 12.5. The van der Waals surface area contributed by atoms with E-state index in [2.05, 4.69) is 0 Å². The Bertz CT molecular complexity index is 780. The maximum Gasteiger partial charge on any atom is 0.497 e. The topological polar surface area (TPSA) is 35.5 Å². The van der Waals surface area contributed by atoms with Gasteiger partial charge in [0.15, 0.2) is 0 Å². The summed E-state index contributed by atoms with van der Waals surface area (Å²) in [5.41, 5.74) is 0. The Balaban J connectivity index is 1.87. The summed E-state index contributed by atoms with van der Waals surface area (Å²) in [6, 6.07) is 23.3. The second-order valence-corrected chi connectivity index (χ2v) is 8.60. The molecule has 0 saturated carbocycles. The van der Waals surface area contributed by atoms with Gasteiger partial charge in [-0.1, -0.05) is 36.4 Å². The number of hydrogen-bond donors (Lipinski definition) is 0. The summed E-state index contributed by atoms with van der Waals surface area (Å²) < 4.78 is 37.6. The molecule has 0 radical (unpaired) electrons. The molecule has 0 unspecified atom stereocenters. The third-order valence-corrected chi connectivity index (χ3v) is 6.28. The molecule has 3 nitrogen and oxygen atoms in total. The third kappa shape index (κ3) is 4.63. The molecule has 0 fully saturated rings. The van der Waals surface area contributed by atoms with Gasteiger partial charge in [0, 0.05) is 16.3 Å². The summed E-state index contributed by atoms with van der Waals surface area (Å²) in [5.74, 6) is 0.514. The first-order valence-electron chi connectivity index (χ1n) is 7.17. The van der Waals surface area contributed by atoms with Gasteiger partial charge in [0.1, 0.15) is 17.3 Å². The van der Waals surface area contributed by atoms with Gasteiger partial charge >= 0.3 is 6.80 Å². The van der Waals surface area contributed by atoms with Crippen molar-refractivity contribution in [3.05, 3.63) is 90.7 Å². The Labute approximate surface area is 143 Å². The van der Waals surface area contributed by atoms with Crippen molar-refractivity contribution in [2.45, 2.75) is 4.90 Å². The monoisotopic (exact) mass is 360 g/mol. The maximum atomic E-state index is 13.2. The van der Waals surface area contributed by atoms with Gasteiger partial charge in [0.2, 0.25) is 0 Å². The Morgan fingerprint density at radius 1 is 0.708 bits per heavy atom. The van der Waals surface area contributed by atoms with E-state index in [0.717, 1.165) is 11.4 Å². The van der Waals surface area contributed by atoms with Gasteiger partial charge < -0.3 is 9.05 Å². The van der Waals surface area contributed by atoms with Crippen LogP contribution in [-0.2, 0) is 4.57 Å². The molecule has 0 amide bonds. The smallest absolute Gasteiger partial charge is 0.408 e. The van der Waals surface area contributed by atoms with Crippen molar-refractivity contribution in [2.24, 2.45) is 0 Å². The number of para-hydroxylation sites is 2. The second kappa shape index (κ2) is 7.56. The molecule has 6 heteroatoms. The van der Waals surface area contributed by atoms with Crippen molar-refractivity contribution < 1.29 is 18.0 Å². The van der Waals surface area contributed by atoms with Crippen molar-refractivity contribution >= 4 is 18.2 Å². The van der Waals surface area contributed by atoms with Crippen molar-refractivity contribution in [1.82, 2.24) is 0 Å². The van der Waals surface area contributed by atoms with Gasteiger partial charge in [-0.05, 0) is 48.5 Å². The quantitative estimate of drug-likeness (QED) is 0.492. The summed E-state index contributed by atoms with van der Waals surface area (Å²) in [6.07, 6.45) is 0. The minimum atomic E-state index is -3.61. The molecule has 0 aliphatic carbocycles. The molecule has 0 saturated heterocycles. The molecule has 3 rings (SSSR count). The number of benzene rings is 3. The Kier molecular flexibility index (Phi) is 5.24. The van der Waals surface area contributed by atoms with Crippen molar-refractivity contribution in [3.8, 4) is 11.5 Å². The van der Waals surface area contributed by atoms with Crippen LogP contribution < -0.4 is 9.05 Å². The highest BCUT2D eigenvalue weighted by Crippen LogP contribution is 2.62. The predicted octanol–water partition coefficient (Wildman–Crippen LogP) is 6.18. The number of halogens is 1. The summed E-state index contributed by atoms with van der Waals surface area (Å²) >= 11 is 0.934. The zero-order valence-corrected chi connectivity index (χ0v) is 14.3. The number of hydrogen-bond acceptors (Lipinski definition) is 4. The molecule has 0 N–H and O–H groups in total. The van der Waals surface area contributed by atoms with Gasteiger partial charge in [-0.3, -0.25) is 0 Å². The standard InChI is InChI=1S/C18H14FO3PS/c19-15-11-13-18(14-12-15)24-23(20,21-16-7-3-1-4-8-16)22-17-9-5-2-6-10-17/h1-14H. The van der Waals surface area contributed by atoms with Gasteiger partial charge in [-0.2, -0.15) is 0 Å². The Hall–Kier alpha value is -2.23. The van der Waals surface area contributed by atoms with E-state index >= 15 is 0 Å². The second-order valence-electron chi connectivity index (χ2n) is 4.80. The lowest BCUT2D eigenvalue weighted by Crippen LogP contribution is -1.98. The van der Waals surface area contributed by atoms with Gasteiger partial charge in [0.05, 0.1) is 0 Å². The highest BCUT2D eigenvalue weighted by atomic mass is 32.7. The van der Waals surface area contributed by atoms with Crippen LogP contribution in [0.1, 0.15) is 0 Å². The molecule has 0 atom stereocenters. The zero-order chi connectivity index (χ0) is 16.8. The molecule has 0 aliphatic rings. The van der Waals surface area contributed by atoms with Crippen LogP contribution in [0.4, 0.5) is 4.39 Å². The fraction of sp³-hybridized carbons (Fsp3) is 0. The van der Waals surface area contributed by atoms with Gasteiger partial charge in [-0.25, -0.2) is 8.96 Å². The summed E-state index contributed by atoms with van der Waals surface area (Å²) in [7, 11) is 0. The molecule has 0 heterocycles. The Morgan fingerprint density at radius 3 is 1.62 bits per heavy atom. The molecule has 0 aromatic heterocycles. The molecular weight excluding hydrogens is 346 g/mol. The highest BCUT2D eigenvalue weighted by molar-refractivity contribution is 8.55. The Morgan fingerprint density at radius 2 is 1.17 bits per heavy atom. The minimum absolute atomic E-state index is 0.359. The van der Waals surface area contributed by atoms with Crippen LogP contribution in [0.3, 0.4) is 0 Å².